The molecule has 158 valence electrons. The van der Waals surface area contributed by atoms with Crippen LogP contribution >= 0.6 is 0 Å². The monoisotopic (exact) mass is 414 g/mol. The van der Waals surface area contributed by atoms with Crippen molar-refractivity contribution < 1.29 is 19.0 Å². The zero-order chi connectivity index (χ0) is 21.7. The molecule has 30 heavy (non-hydrogen) atoms. The van der Waals surface area contributed by atoms with Gasteiger partial charge in [0.25, 0.3) is 0 Å². The van der Waals surface area contributed by atoms with Gasteiger partial charge < -0.3 is 20.5 Å². The molecule has 0 spiro atoms. The van der Waals surface area contributed by atoms with Crippen molar-refractivity contribution in [2.75, 3.05) is 19.0 Å². The molecular formula is C20H23FN6O3. The van der Waals surface area contributed by atoms with Gasteiger partial charge >= 0.3 is 6.09 Å². The van der Waals surface area contributed by atoms with Gasteiger partial charge in [-0.2, -0.15) is 5.10 Å². The molecule has 0 unspecified atom stereocenters. The number of aromatic nitrogens is 4. The van der Waals surface area contributed by atoms with Crippen LogP contribution in [0.1, 0.15) is 13.3 Å². The molecule has 3 aromatic rings. The lowest BCUT2D eigenvalue weighted by atomic mass is 10.0. The minimum atomic E-state index is -1.13. The molecule has 10 heteroatoms. The number of carboxylic acid groups (broad SMARTS) is 1. The summed E-state index contributed by atoms with van der Waals surface area (Å²) in [6.45, 7) is 2.02. The van der Waals surface area contributed by atoms with E-state index in [0.717, 1.165) is 17.3 Å². The van der Waals surface area contributed by atoms with Crippen LogP contribution in [0.15, 0.2) is 36.8 Å². The summed E-state index contributed by atoms with van der Waals surface area (Å²) in [5, 5.41) is 18.3. The Morgan fingerprint density at radius 1 is 1.33 bits per heavy atom. The minimum Gasteiger partial charge on any atom is -0.496 e. The van der Waals surface area contributed by atoms with Crippen molar-refractivity contribution >= 4 is 11.9 Å². The summed E-state index contributed by atoms with van der Waals surface area (Å²) >= 11 is 0. The SMILES string of the molecule is CC[C@H](CNc1nc(-c2cc(-c3cnn(C)c3)ccc2OC)ncc1F)NC(=O)O. The predicted octanol–water partition coefficient (Wildman–Crippen LogP) is 3.15. The van der Waals surface area contributed by atoms with Crippen LogP contribution in [0.4, 0.5) is 15.0 Å². The molecular weight excluding hydrogens is 391 g/mol. The van der Waals surface area contributed by atoms with Crippen LogP contribution in [0.5, 0.6) is 5.75 Å². The molecule has 2 aromatic heterocycles. The summed E-state index contributed by atoms with van der Waals surface area (Å²) in [5.41, 5.74) is 2.39. The molecule has 0 bridgehead atoms. The number of amides is 1. The number of carbonyl (C=O) groups is 1. The fourth-order valence-corrected chi connectivity index (χ4v) is 2.95. The summed E-state index contributed by atoms with van der Waals surface area (Å²) in [6.07, 6.45) is 4.10. The topological polar surface area (TPSA) is 114 Å². The lowest BCUT2D eigenvalue weighted by molar-refractivity contribution is 0.190. The maximum absolute atomic E-state index is 14.3. The maximum Gasteiger partial charge on any atom is 0.404 e. The standard InChI is InChI=1S/C20H23FN6O3/c1-4-14(25-20(28)29)9-22-19-16(21)10-23-18(26-19)15-7-12(5-6-17(15)30-3)13-8-24-27(2)11-13/h5-8,10-11,14,25H,4,9H2,1-3H3,(H,28,29)(H,22,23,26)/t14-/m1/s1. The molecule has 0 aliphatic rings. The number of nitrogens with zero attached hydrogens (tertiary/aromatic N) is 4. The molecule has 0 saturated carbocycles. The van der Waals surface area contributed by atoms with Crippen LogP contribution in [0, 0.1) is 5.82 Å². The minimum absolute atomic E-state index is 0.0144. The first-order valence-corrected chi connectivity index (χ1v) is 9.34. The molecule has 0 aliphatic heterocycles. The smallest absolute Gasteiger partial charge is 0.404 e. The first kappa shape index (κ1) is 21.0. The second-order valence-electron chi connectivity index (χ2n) is 6.64. The molecule has 1 aromatic carbocycles. The molecule has 0 fully saturated rings. The van der Waals surface area contributed by atoms with Crippen LogP contribution < -0.4 is 15.4 Å². The number of benzene rings is 1. The van der Waals surface area contributed by atoms with Crippen molar-refractivity contribution in [2.45, 2.75) is 19.4 Å². The Balaban J connectivity index is 1.92. The highest BCUT2D eigenvalue weighted by atomic mass is 19.1. The Bertz CT molecular complexity index is 1040. The van der Waals surface area contributed by atoms with E-state index in [0.29, 0.717) is 17.7 Å². The third kappa shape index (κ3) is 4.83. The van der Waals surface area contributed by atoms with Gasteiger partial charge in [0, 0.05) is 31.4 Å². The molecule has 0 aliphatic carbocycles. The Hall–Kier alpha value is -3.69. The summed E-state index contributed by atoms with van der Waals surface area (Å²) < 4.78 is 21.4. The number of rotatable bonds is 8. The number of hydrogen-bond acceptors (Lipinski definition) is 6. The van der Waals surface area contributed by atoms with Gasteiger partial charge in [-0.25, -0.2) is 19.2 Å². The average Bonchev–Trinajstić information content (AvgIpc) is 3.17. The number of halogens is 1. The molecule has 3 N–H and O–H groups in total. The van der Waals surface area contributed by atoms with Crippen LogP contribution in [0.3, 0.4) is 0 Å². The Morgan fingerprint density at radius 2 is 2.13 bits per heavy atom. The second-order valence-corrected chi connectivity index (χ2v) is 6.64. The number of anilines is 1. The van der Waals surface area contributed by atoms with E-state index in [-0.39, 0.29) is 24.2 Å². The predicted molar refractivity (Wildman–Crippen MR) is 110 cm³/mol. The number of hydrogen-bond donors (Lipinski definition) is 3. The van der Waals surface area contributed by atoms with Gasteiger partial charge in [0.2, 0.25) is 0 Å². The van der Waals surface area contributed by atoms with Crippen molar-refractivity contribution in [2.24, 2.45) is 7.05 Å². The van der Waals surface area contributed by atoms with E-state index in [1.165, 1.54) is 7.11 Å². The number of aryl methyl sites for hydroxylation is 1. The Kier molecular flexibility index (Phi) is 6.45. The van der Waals surface area contributed by atoms with Gasteiger partial charge in [-0.3, -0.25) is 4.68 Å². The molecule has 3 rings (SSSR count). The van der Waals surface area contributed by atoms with Crippen LogP contribution in [-0.2, 0) is 7.05 Å². The van der Waals surface area contributed by atoms with E-state index < -0.39 is 11.9 Å². The van der Waals surface area contributed by atoms with E-state index in [1.54, 1.807) is 16.9 Å². The first-order valence-electron chi connectivity index (χ1n) is 9.34. The highest BCUT2D eigenvalue weighted by molar-refractivity contribution is 5.74. The largest absolute Gasteiger partial charge is 0.496 e. The Labute approximate surface area is 172 Å². The number of ether oxygens (including phenoxy) is 1. The second kappa shape index (κ2) is 9.21. The van der Waals surface area contributed by atoms with E-state index in [2.05, 4.69) is 25.7 Å². The van der Waals surface area contributed by atoms with Crippen molar-refractivity contribution in [1.82, 2.24) is 25.1 Å². The number of methoxy groups -OCH3 is 1. The molecule has 9 nitrogen and oxygen atoms in total. The quantitative estimate of drug-likeness (QED) is 0.519. The maximum atomic E-state index is 14.3. The zero-order valence-electron chi connectivity index (χ0n) is 16.9. The number of nitrogens with one attached hydrogen (secondary N) is 2. The Morgan fingerprint density at radius 3 is 2.77 bits per heavy atom. The molecule has 1 amide bonds. The third-order valence-corrected chi connectivity index (χ3v) is 4.56. The summed E-state index contributed by atoms with van der Waals surface area (Å²) in [6, 6.07) is 5.16. The van der Waals surface area contributed by atoms with Gasteiger partial charge in [0.05, 0.1) is 25.1 Å². The van der Waals surface area contributed by atoms with Crippen LogP contribution in [0.2, 0.25) is 0 Å². The fraction of sp³-hybridized carbons (Fsp3) is 0.300. The van der Waals surface area contributed by atoms with Gasteiger partial charge in [-0.1, -0.05) is 13.0 Å². The normalized spacial score (nSPS) is 11.7. The van der Waals surface area contributed by atoms with E-state index in [1.807, 2.05) is 32.3 Å². The van der Waals surface area contributed by atoms with Crippen molar-refractivity contribution in [3.05, 3.63) is 42.6 Å². The van der Waals surface area contributed by atoms with Gasteiger partial charge in [0.15, 0.2) is 17.5 Å². The van der Waals surface area contributed by atoms with Crippen molar-refractivity contribution in [3.63, 3.8) is 0 Å². The third-order valence-electron chi connectivity index (χ3n) is 4.56. The zero-order valence-corrected chi connectivity index (χ0v) is 16.9. The summed E-state index contributed by atoms with van der Waals surface area (Å²) in [5.74, 6) is 0.172. The first-order chi connectivity index (χ1) is 14.4. The average molecular weight is 414 g/mol. The molecule has 2 heterocycles. The lowest BCUT2D eigenvalue weighted by Gasteiger charge is -2.16. The van der Waals surface area contributed by atoms with Gasteiger partial charge in [-0.15, -0.1) is 0 Å². The van der Waals surface area contributed by atoms with E-state index in [9.17, 15) is 9.18 Å². The summed E-state index contributed by atoms with van der Waals surface area (Å²) in [4.78, 5) is 19.3. The summed E-state index contributed by atoms with van der Waals surface area (Å²) in [7, 11) is 3.37. The molecule has 1 atom stereocenters. The molecule has 0 saturated heterocycles. The highest BCUT2D eigenvalue weighted by Crippen LogP contribution is 2.33. The van der Waals surface area contributed by atoms with Gasteiger partial charge in [0.1, 0.15) is 5.75 Å². The van der Waals surface area contributed by atoms with E-state index in [4.69, 9.17) is 9.84 Å². The fourth-order valence-electron chi connectivity index (χ4n) is 2.95. The highest BCUT2D eigenvalue weighted by Gasteiger charge is 2.16. The molecule has 0 radical (unpaired) electrons. The van der Waals surface area contributed by atoms with Crippen LogP contribution in [-0.4, -0.2) is 50.6 Å². The lowest BCUT2D eigenvalue weighted by Crippen LogP contribution is -2.38. The van der Waals surface area contributed by atoms with Gasteiger partial charge in [-0.05, 0) is 24.1 Å². The van der Waals surface area contributed by atoms with Crippen molar-refractivity contribution in [1.29, 1.82) is 0 Å². The van der Waals surface area contributed by atoms with Crippen molar-refractivity contribution in [3.8, 4) is 28.3 Å². The van der Waals surface area contributed by atoms with Crippen LogP contribution in [0.25, 0.3) is 22.5 Å². The van der Waals surface area contributed by atoms with E-state index >= 15 is 0 Å².